The largest absolute Gasteiger partial charge is 0.370 e. The summed E-state index contributed by atoms with van der Waals surface area (Å²) in [5, 5.41) is 3.05. The average molecular weight is 386 g/mol. The van der Waals surface area contributed by atoms with Gasteiger partial charge in [0.05, 0.1) is 42.3 Å². The number of benzene rings is 2. The van der Waals surface area contributed by atoms with Crippen LogP contribution in [0.3, 0.4) is 0 Å². The van der Waals surface area contributed by atoms with E-state index in [0.717, 1.165) is 33.4 Å². The van der Waals surface area contributed by atoms with Gasteiger partial charge in [0, 0.05) is 13.1 Å². The number of ether oxygens (including phenoxy) is 1. The minimum Gasteiger partial charge on any atom is -0.370 e. The lowest BCUT2D eigenvalue weighted by Crippen LogP contribution is -2.27. The van der Waals surface area contributed by atoms with Crippen LogP contribution in [0.4, 0.5) is 0 Å². The molecule has 0 spiro atoms. The number of carbonyl (C=O) groups excluding carboxylic acids is 1. The molecule has 0 aliphatic carbocycles. The SMILES string of the molecule is CC(=O)NC(c1cccc(COCc2ccccn2)c1)c1ccc2nc[nH]c2c1. The van der Waals surface area contributed by atoms with E-state index in [1.54, 1.807) is 12.5 Å². The van der Waals surface area contributed by atoms with Crippen LogP contribution in [0.1, 0.15) is 35.3 Å². The summed E-state index contributed by atoms with van der Waals surface area (Å²) in [5.41, 5.74) is 5.75. The molecule has 1 amide bonds. The first-order chi connectivity index (χ1) is 14.2. The van der Waals surface area contributed by atoms with Gasteiger partial charge >= 0.3 is 0 Å². The zero-order valence-electron chi connectivity index (χ0n) is 16.1. The summed E-state index contributed by atoms with van der Waals surface area (Å²) in [6.07, 6.45) is 3.43. The van der Waals surface area contributed by atoms with Gasteiger partial charge in [0.25, 0.3) is 0 Å². The maximum atomic E-state index is 11.9. The second-order valence-electron chi connectivity index (χ2n) is 6.87. The molecule has 4 aromatic rings. The maximum Gasteiger partial charge on any atom is 0.217 e. The fraction of sp³-hybridized carbons (Fsp3) is 0.174. The van der Waals surface area contributed by atoms with E-state index in [1.165, 1.54) is 6.92 Å². The van der Waals surface area contributed by atoms with Gasteiger partial charge in [-0.05, 0) is 41.0 Å². The van der Waals surface area contributed by atoms with Crippen LogP contribution in [0, 0.1) is 0 Å². The lowest BCUT2D eigenvalue weighted by atomic mass is 9.96. The number of hydrogen-bond donors (Lipinski definition) is 2. The molecule has 0 aliphatic rings. The molecule has 0 bridgehead atoms. The first-order valence-electron chi connectivity index (χ1n) is 9.45. The molecule has 0 saturated heterocycles. The molecule has 0 radical (unpaired) electrons. The van der Waals surface area contributed by atoms with Gasteiger partial charge in [0.15, 0.2) is 0 Å². The van der Waals surface area contributed by atoms with Gasteiger partial charge in [-0.1, -0.05) is 36.4 Å². The van der Waals surface area contributed by atoms with Crippen molar-refractivity contribution < 1.29 is 9.53 Å². The number of aromatic amines is 1. The van der Waals surface area contributed by atoms with E-state index < -0.39 is 0 Å². The van der Waals surface area contributed by atoms with Crippen LogP contribution < -0.4 is 5.32 Å². The van der Waals surface area contributed by atoms with E-state index >= 15 is 0 Å². The standard InChI is InChI=1S/C23H22N4O2/c1-16(28)27-23(19-8-9-21-22(12-19)26-15-25-21)18-6-4-5-17(11-18)13-29-14-20-7-2-3-10-24-20/h2-12,15,23H,13-14H2,1H3,(H,25,26)(H,27,28). The zero-order chi connectivity index (χ0) is 20.1. The molecule has 1 atom stereocenters. The van der Waals surface area contributed by atoms with Crippen molar-refractivity contribution in [2.75, 3.05) is 0 Å². The number of H-pyrrole nitrogens is 1. The molecule has 1 unspecified atom stereocenters. The van der Waals surface area contributed by atoms with Crippen LogP contribution in [-0.4, -0.2) is 20.9 Å². The number of aromatic nitrogens is 3. The molecule has 4 rings (SSSR count). The Bertz CT molecular complexity index is 1110. The normalized spacial score (nSPS) is 12.0. The van der Waals surface area contributed by atoms with E-state index in [2.05, 4.69) is 26.3 Å². The Morgan fingerprint density at radius 1 is 1.03 bits per heavy atom. The summed E-state index contributed by atoms with van der Waals surface area (Å²) < 4.78 is 5.81. The van der Waals surface area contributed by atoms with Gasteiger partial charge in [0.1, 0.15) is 0 Å². The van der Waals surface area contributed by atoms with Crippen molar-refractivity contribution in [3.05, 3.63) is 95.6 Å². The van der Waals surface area contributed by atoms with Crippen molar-refractivity contribution in [1.82, 2.24) is 20.3 Å². The molecule has 0 fully saturated rings. The first kappa shape index (κ1) is 18.8. The van der Waals surface area contributed by atoms with Crippen LogP contribution >= 0.6 is 0 Å². The second kappa shape index (κ2) is 8.67. The van der Waals surface area contributed by atoms with Gasteiger partial charge in [-0.15, -0.1) is 0 Å². The second-order valence-corrected chi connectivity index (χ2v) is 6.87. The number of imidazole rings is 1. The molecule has 29 heavy (non-hydrogen) atoms. The van der Waals surface area contributed by atoms with Crippen LogP contribution in [0.15, 0.2) is 73.2 Å². The molecule has 2 aromatic heterocycles. The lowest BCUT2D eigenvalue weighted by Gasteiger charge is -2.20. The third-order valence-electron chi connectivity index (χ3n) is 4.65. The van der Waals surface area contributed by atoms with Gasteiger partial charge in [-0.3, -0.25) is 9.78 Å². The van der Waals surface area contributed by atoms with Crippen LogP contribution in [0.5, 0.6) is 0 Å². The third kappa shape index (κ3) is 4.67. The summed E-state index contributed by atoms with van der Waals surface area (Å²) in [4.78, 5) is 23.5. The van der Waals surface area contributed by atoms with Crippen LogP contribution in [-0.2, 0) is 22.7 Å². The predicted molar refractivity (Wildman–Crippen MR) is 111 cm³/mol. The number of rotatable bonds is 7. The Labute approximate surface area is 169 Å². The highest BCUT2D eigenvalue weighted by atomic mass is 16.5. The van der Waals surface area contributed by atoms with Crippen molar-refractivity contribution in [3.63, 3.8) is 0 Å². The Kier molecular flexibility index (Phi) is 5.63. The first-order valence-corrected chi connectivity index (χ1v) is 9.45. The number of hydrogen-bond acceptors (Lipinski definition) is 4. The quantitative estimate of drug-likeness (QED) is 0.505. The Balaban J connectivity index is 1.54. The van der Waals surface area contributed by atoms with E-state index in [-0.39, 0.29) is 11.9 Å². The smallest absolute Gasteiger partial charge is 0.217 e. The Morgan fingerprint density at radius 2 is 1.93 bits per heavy atom. The van der Waals surface area contributed by atoms with E-state index in [9.17, 15) is 4.79 Å². The van der Waals surface area contributed by atoms with Gasteiger partial charge < -0.3 is 15.0 Å². The fourth-order valence-corrected chi connectivity index (χ4v) is 3.31. The average Bonchev–Trinajstić information content (AvgIpc) is 3.21. The van der Waals surface area contributed by atoms with Crippen molar-refractivity contribution in [3.8, 4) is 0 Å². The topological polar surface area (TPSA) is 79.9 Å². The minimum atomic E-state index is -0.254. The maximum absolute atomic E-state index is 11.9. The van der Waals surface area contributed by atoms with Crippen LogP contribution in [0.25, 0.3) is 11.0 Å². The molecule has 146 valence electrons. The van der Waals surface area contributed by atoms with Crippen molar-refractivity contribution in [2.45, 2.75) is 26.2 Å². The summed E-state index contributed by atoms with van der Waals surface area (Å²) in [7, 11) is 0. The molecule has 2 N–H and O–H groups in total. The molecule has 2 heterocycles. The summed E-state index contributed by atoms with van der Waals surface area (Å²) in [6.45, 7) is 2.45. The molecule has 6 nitrogen and oxygen atoms in total. The summed E-state index contributed by atoms with van der Waals surface area (Å²) in [5.74, 6) is -0.0866. The molecule has 0 aliphatic heterocycles. The fourth-order valence-electron chi connectivity index (χ4n) is 3.31. The highest BCUT2D eigenvalue weighted by Crippen LogP contribution is 2.25. The molecule has 2 aromatic carbocycles. The number of pyridine rings is 1. The highest BCUT2D eigenvalue weighted by molar-refractivity contribution is 5.77. The molecule has 0 saturated carbocycles. The minimum absolute atomic E-state index is 0.0866. The number of nitrogens with zero attached hydrogens (tertiary/aromatic N) is 2. The Morgan fingerprint density at radius 3 is 2.76 bits per heavy atom. The van der Waals surface area contributed by atoms with Gasteiger partial charge in [-0.25, -0.2) is 4.98 Å². The van der Waals surface area contributed by atoms with Crippen LogP contribution in [0.2, 0.25) is 0 Å². The highest BCUT2D eigenvalue weighted by Gasteiger charge is 2.16. The lowest BCUT2D eigenvalue weighted by molar-refractivity contribution is -0.119. The third-order valence-corrected chi connectivity index (χ3v) is 4.65. The van der Waals surface area contributed by atoms with E-state index in [4.69, 9.17) is 4.74 Å². The monoisotopic (exact) mass is 386 g/mol. The number of nitrogens with one attached hydrogen (secondary N) is 2. The van der Waals surface area contributed by atoms with Crippen molar-refractivity contribution in [2.24, 2.45) is 0 Å². The van der Waals surface area contributed by atoms with Gasteiger partial charge in [0.2, 0.25) is 5.91 Å². The van der Waals surface area contributed by atoms with E-state index in [0.29, 0.717) is 13.2 Å². The predicted octanol–water partition coefficient (Wildman–Crippen LogP) is 3.90. The Hall–Kier alpha value is -3.51. The summed E-state index contributed by atoms with van der Waals surface area (Å²) >= 11 is 0. The molecular formula is C23H22N4O2. The molecular weight excluding hydrogens is 364 g/mol. The summed E-state index contributed by atoms with van der Waals surface area (Å²) in [6, 6.07) is 19.6. The van der Waals surface area contributed by atoms with Gasteiger partial charge in [-0.2, -0.15) is 0 Å². The molecule has 6 heteroatoms. The van der Waals surface area contributed by atoms with E-state index in [1.807, 2.05) is 54.6 Å². The number of amides is 1. The van der Waals surface area contributed by atoms with Crippen molar-refractivity contribution >= 4 is 16.9 Å². The zero-order valence-corrected chi connectivity index (χ0v) is 16.1. The number of carbonyl (C=O) groups is 1. The number of fused-ring (bicyclic) bond motifs is 1. The van der Waals surface area contributed by atoms with Crippen molar-refractivity contribution in [1.29, 1.82) is 0 Å².